The summed E-state index contributed by atoms with van der Waals surface area (Å²) in [5.41, 5.74) is -0.206. The molecule has 0 aliphatic rings. The van der Waals surface area contributed by atoms with E-state index in [-0.39, 0.29) is 5.57 Å². The molecule has 0 aromatic rings. The molecule has 11 heavy (non-hydrogen) atoms. The first kappa shape index (κ1) is 9.62. The van der Waals surface area contributed by atoms with E-state index in [0.717, 1.165) is 12.2 Å². The Morgan fingerprint density at radius 1 is 1.45 bits per heavy atom. The van der Waals surface area contributed by atoms with Crippen LogP contribution in [-0.2, 0) is 9.53 Å². The lowest BCUT2D eigenvalue weighted by Crippen LogP contribution is -2.03. The predicted octanol–water partition coefficient (Wildman–Crippen LogP) is 1.75. The van der Waals surface area contributed by atoms with E-state index in [1.807, 2.05) is 0 Å². The Bertz CT molecular complexity index is 216. The van der Waals surface area contributed by atoms with Crippen LogP contribution < -0.4 is 0 Å². The highest BCUT2D eigenvalue weighted by Crippen LogP contribution is 2.09. The molecule has 0 unspecified atom stereocenters. The Kier molecular flexibility index (Phi) is 3.88. The van der Waals surface area contributed by atoms with Crippen LogP contribution in [0.4, 0.5) is 4.39 Å². The van der Waals surface area contributed by atoms with E-state index in [2.05, 4.69) is 17.9 Å². The molecule has 60 valence electrons. The maximum Gasteiger partial charge on any atom is 0.340 e. The fraction of sp³-hybridized carbons (Fsp3) is 0.125. The fourth-order valence-corrected chi connectivity index (χ4v) is 0.498. The zero-order valence-corrected chi connectivity index (χ0v) is 6.26. The lowest BCUT2D eigenvalue weighted by molar-refractivity contribution is -0.135. The van der Waals surface area contributed by atoms with Crippen molar-refractivity contribution in [2.45, 2.75) is 0 Å². The number of rotatable bonds is 3. The van der Waals surface area contributed by atoms with Gasteiger partial charge in [-0.15, -0.1) is 0 Å². The quantitative estimate of drug-likeness (QED) is 0.353. The number of carbonyl (C=O) groups is 1. The van der Waals surface area contributed by atoms with Crippen LogP contribution in [0, 0.1) is 0 Å². The molecule has 0 bridgehead atoms. The number of esters is 1. The molecular weight excluding hydrogens is 147 g/mol. The molecule has 0 aliphatic carbocycles. The average molecular weight is 156 g/mol. The third kappa shape index (κ3) is 2.37. The first-order chi connectivity index (χ1) is 5.17. The number of allylic oxidation sites excluding steroid dienone is 2. The zero-order chi connectivity index (χ0) is 8.85. The van der Waals surface area contributed by atoms with E-state index in [1.165, 1.54) is 7.11 Å². The molecular formula is C8H9FO2. The first-order valence-electron chi connectivity index (χ1n) is 2.90. The van der Waals surface area contributed by atoms with Crippen molar-refractivity contribution in [2.75, 3.05) is 7.11 Å². The minimum Gasteiger partial charge on any atom is -0.465 e. The van der Waals surface area contributed by atoms with Gasteiger partial charge in [0.15, 0.2) is 0 Å². The summed E-state index contributed by atoms with van der Waals surface area (Å²) in [4.78, 5) is 10.7. The Labute approximate surface area is 64.7 Å². The predicted molar refractivity (Wildman–Crippen MR) is 40.5 cm³/mol. The largest absolute Gasteiger partial charge is 0.465 e. The van der Waals surface area contributed by atoms with Crippen LogP contribution in [0.2, 0.25) is 0 Å². The number of hydrogen-bond acceptors (Lipinski definition) is 2. The van der Waals surface area contributed by atoms with Crippen molar-refractivity contribution >= 4 is 5.97 Å². The minimum absolute atomic E-state index is 0.206. The van der Waals surface area contributed by atoms with Crippen LogP contribution in [0.5, 0.6) is 0 Å². The molecule has 0 fully saturated rings. The molecule has 0 spiro atoms. The molecule has 2 nitrogen and oxygen atoms in total. The van der Waals surface area contributed by atoms with E-state index in [0.29, 0.717) is 0 Å². The van der Waals surface area contributed by atoms with Crippen molar-refractivity contribution in [1.82, 2.24) is 0 Å². The number of methoxy groups -OCH3 is 1. The van der Waals surface area contributed by atoms with Crippen molar-refractivity contribution in [1.29, 1.82) is 0 Å². The van der Waals surface area contributed by atoms with Crippen LogP contribution in [0.1, 0.15) is 0 Å². The number of hydrogen-bond donors (Lipinski definition) is 0. The van der Waals surface area contributed by atoms with Crippen LogP contribution in [0.25, 0.3) is 0 Å². The fourth-order valence-electron chi connectivity index (χ4n) is 0.498. The molecule has 0 saturated carbocycles. The van der Waals surface area contributed by atoms with Crippen LogP contribution in [-0.4, -0.2) is 13.1 Å². The zero-order valence-electron chi connectivity index (χ0n) is 6.26. The molecule has 0 N–H and O–H groups in total. The van der Waals surface area contributed by atoms with E-state index in [4.69, 9.17) is 0 Å². The highest BCUT2D eigenvalue weighted by molar-refractivity contribution is 5.92. The summed E-state index contributed by atoms with van der Waals surface area (Å²) in [5, 5.41) is 0. The van der Waals surface area contributed by atoms with Gasteiger partial charge in [0.1, 0.15) is 5.83 Å². The summed E-state index contributed by atoms with van der Waals surface area (Å²) >= 11 is 0. The second kappa shape index (κ2) is 4.44. The van der Waals surface area contributed by atoms with Crippen molar-refractivity contribution in [3.63, 3.8) is 0 Å². The standard InChI is InChI=1S/C8H9FO2/c1-4-6(7(9)5-2)8(10)11-3/h4-5H,1-2H2,3H3/b7-6-. The summed E-state index contributed by atoms with van der Waals surface area (Å²) in [5.74, 6) is -1.48. The highest BCUT2D eigenvalue weighted by Gasteiger charge is 2.09. The van der Waals surface area contributed by atoms with Gasteiger partial charge in [0.05, 0.1) is 12.7 Å². The van der Waals surface area contributed by atoms with E-state index in [1.54, 1.807) is 0 Å². The average Bonchev–Trinajstić information content (AvgIpc) is 2.05. The molecule has 0 aromatic heterocycles. The second-order valence-electron chi connectivity index (χ2n) is 1.66. The summed E-state index contributed by atoms with van der Waals surface area (Å²) in [6.07, 6.45) is 2.01. The molecule has 0 atom stereocenters. The topological polar surface area (TPSA) is 26.3 Å². The maximum atomic E-state index is 12.6. The van der Waals surface area contributed by atoms with Gasteiger partial charge in [0, 0.05) is 0 Å². The lowest BCUT2D eigenvalue weighted by Gasteiger charge is -1.98. The Hall–Kier alpha value is -1.38. The van der Waals surface area contributed by atoms with Gasteiger partial charge in [-0.2, -0.15) is 0 Å². The summed E-state index contributed by atoms with van der Waals surface area (Å²) < 4.78 is 16.9. The van der Waals surface area contributed by atoms with Gasteiger partial charge in [-0.3, -0.25) is 0 Å². The monoisotopic (exact) mass is 156 g/mol. The Morgan fingerprint density at radius 2 is 2.00 bits per heavy atom. The van der Waals surface area contributed by atoms with Gasteiger partial charge >= 0.3 is 5.97 Å². The molecule has 0 rings (SSSR count). The van der Waals surface area contributed by atoms with Gasteiger partial charge in [0.25, 0.3) is 0 Å². The lowest BCUT2D eigenvalue weighted by atomic mass is 10.2. The van der Waals surface area contributed by atoms with Crippen LogP contribution >= 0.6 is 0 Å². The first-order valence-corrected chi connectivity index (χ1v) is 2.90. The number of carbonyl (C=O) groups excluding carboxylic acids is 1. The van der Waals surface area contributed by atoms with Gasteiger partial charge < -0.3 is 4.74 Å². The smallest absolute Gasteiger partial charge is 0.340 e. The molecule has 3 heteroatoms. The van der Waals surface area contributed by atoms with Crippen molar-refractivity contribution in [3.05, 3.63) is 36.7 Å². The molecule has 0 radical (unpaired) electrons. The van der Waals surface area contributed by atoms with Crippen molar-refractivity contribution in [2.24, 2.45) is 0 Å². The van der Waals surface area contributed by atoms with E-state index < -0.39 is 11.8 Å². The third-order valence-corrected chi connectivity index (χ3v) is 1.05. The summed E-state index contributed by atoms with van der Waals surface area (Å²) in [6.45, 7) is 6.41. The van der Waals surface area contributed by atoms with Gasteiger partial charge in [-0.1, -0.05) is 19.2 Å². The summed E-state index contributed by atoms with van der Waals surface area (Å²) in [7, 11) is 1.17. The van der Waals surface area contributed by atoms with Gasteiger partial charge in [-0.05, 0) is 6.08 Å². The van der Waals surface area contributed by atoms with Crippen molar-refractivity contribution in [3.8, 4) is 0 Å². The van der Waals surface area contributed by atoms with Crippen LogP contribution in [0.15, 0.2) is 36.7 Å². The van der Waals surface area contributed by atoms with Crippen LogP contribution in [0.3, 0.4) is 0 Å². The van der Waals surface area contributed by atoms with E-state index in [9.17, 15) is 9.18 Å². The molecule has 0 saturated heterocycles. The van der Waals surface area contributed by atoms with Gasteiger partial charge in [-0.25, -0.2) is 9.18 Å². The molecule has 0 amide bonds. The molecule has 0 aliphatic heterocycles. The maximum absolute atomic E-state index is 12.6. The molecule has 0 heterocycles. The second-order valence-corrected chi connectivity index (χ2v) is 1.66. The SMILES string of the molecule is C=C/C(F)=C(\C=C)C(=O)OC. The van der Waals surface area contributed by atoms with Crippen molar-refractivity contribution < 1.29 is 13.9 Å². The van der Waals surface area contributed by atoms with Gasteiger partial charge in [0.2, 0.25) is 0 Å². The minimum atomic E-state index is -0.752. The number of ether oxygens (including phenoxy) is 1. The normalized spacial score (nSPS) is 11.5. The highest BCUT2D eigenvalue weighted by atomic mass is 19.1. The molecule has 0 aromatic carbocycles. The third-order valence-electron chi connectivity index (χ3n) is 1.05. The number of halogens is 1. The Balaban J connectivity index is 4.78. The summed E-state index contributed by atoms with van der Waals surface area (Å²) in [6, 6.07) is 0. The van der Waals surface area contributed by atoms with E-state index >= 15 is 0 Å². The Morgan fingerprint density at radius 3 is 2.27 bits per heavy atom.